The van der Waals surface area contributed by atoms with Crippen molar-refractivity contribution in [2.45, 2.75) is 0 Å². The van der Waals surface area contributed by atoms with E-state index in [9.17, 15) is 0 Å². The monoisotopic (exact) mass is 434 g/mol. The molecule has 4 heteroatoms. The summed E-state index contributed by atoms with van der Waals surface area (Å²) in [6, 6.07) is 30.7. The van der Waals surface area contributed by atoms with Crippen LogP contribution in [-0.4, -0.2) is 7.85 Å². The second-order valence-electron chi connectivity index (χ2n) is 8.82. The van der Waals surface area contributed by atoms with Gasteiger partial charge in [-0.3, -0.25) is 0 Å². The van der Waals surface area contributed by atoms with E-state index >= 15 is 0 Å². The number of furan rings is 3. The molecule has 3 aromatic heterocycles. The third kappa shape index (κ3) is 2.42. The summed E-state index contributed by atoms with van der Waals surface area (Å²) in [4.78, 5) is 0. The van der Waals surface area contributed by atoms with Crippen molar-refractivity contribution < 1.29 is 13.3 Å². The highest BCUT2D eigenvalue weighted by Crippen LogP contribution is 2.38. The highest BCUT2D eigenvalue weighted by molar-refractivity contribution is 6.33. The summed E-state index contributed by atoms with van der Waals surface area (Å²) in [5, 5.41) is 6.35. The van der Waals surface area contributed by atoms with E-state index in [1.165, 1.54) is 0 Å². The maximum absolute atomic E-state index is 6.23. The van der Waals surface area contributed by atoms with E-state index in [-0.39, 0.29) is 0 Å². The van der Waals surface area contributed by atoms with Gasteiger partial charge in [0.1, 0.15) is 41.3 Å². The first-order chi connectivity index (χ1) is 16.7. The lowest BCUT2D eigenvalue weighted by Crippen LogP contribution is -1.98. The standard InChI is InChI=1S/C30H15BO3/c31-18-7-10-28-22(13-18)24-15-29-23(14-30(24)34-28)21-12-17(6-9-27(21)33-29)16-5-8-26-20(11-16)19-3-1-2-4-25(19)32-26/h1-15H. The molecule has 3 nitrogen and oxygen atoms in total. The van der Waals surface area contributed by atoms with Crippen LogP contribution in [0.3, 0.4) is 0 Å². The second kappa shape index (κ2) is 6.33. The number of para-hydroxylation sites is 1. The Kier molecular flexibility index (Phi) is 3.36. The molecule has 0 aliphatic heterocycles. The van der Waals surface area contributed by atoms with Crippen LogP contribution in [0.25, 0.3) is 76.9 Å². The van der Waals surface area contributed by atoms with Crippen molar-refractivity contribution in [3.05, 3.63) is 91.0 Å². The van der Waals surface area contributed by atoms with Crippen LogP contribution in [0, 0.1) is 0 Å². The van der Waals surface area contributed by atoms with Crippen LogP contribution in [0.1, 0.15) is 0 Å². The fourth-order valence-electron chi connectivity index (χ4n) is 5.15. The zero-order valence-corrected chi connectivity index (χ0v) is 18.0. The lowest BCUT2D eigenvalue weighted by Gasteiger charge is -2.02. The second-order valence-corrected chi connectivity index (χ2v) is 8.82. The quantitative estimate of drug-likeness (QED) is 0.247. The van der Waals surface area contributed by atoms with Gasteiger partial charge >= 0.3 is 0 Å². The molecule has 156 valence electrons. The van der Waals surface area contributed by atoms with Gasteiger partial charge in [0.25, 0.3) is 0 Å². The SMILES string of the molecule is [B]c1ccc2oc3cc4c(cc3c2c1)oc1ccc(-c2ccc3oc5ccccc5c3c2)cc14. The first-order valence-electron chi connectivity index (χ1n) is 11.2. The minimum absolute atomic E-state index is 0.715. The maximum atomic E-state index is 6.23. The van der Waals surface area contributed by atoms with Gasteiger partial charge in [-0.15, -0.1) is 0 Å². The number of hydrogen-bond acceptors (Lipinski definition) is 3. The van der Waals surface area contributed by atoms with Crippen molar-refractivity contribution in [3.8, 4) is 11.1 Å². The van der Waals surface area contributed by atoms with E-state index in [1.54, 1.807) is 0 Å². The smallest absolute Gasteiger partial charge is 0.136 e. The van der Waals surface area contributed by atoms with E-state index in [1.807, 2.05) is 48.5 Å². The summed E-state index contributed by atoms with van der Waals surface area (Å²) in [5.41, 5.74) is 8.11. The Labute approximate surface area is 194 Å². The predicted octanol–water partition coefficient (Wildman–Crippen LogP) is 7.85. The molecular formula is C30H15BO3. The van der Waals surface area contributed by atoms with Gasteiger partial charge in [0.05, 0.1) is 0 Å². The van der Waals surface area contributed by atoms with Gasteiger partial charge in [0, 0.05) is 32.3 Å². The molecule has 0 fully saturated rings. The van der Waals surface area contributed by atoms with Gasteiger partial charge < -0.3 is 13.3 Å². The molecular weight excluding hydrogens is 419 g/mol. The van der Waals surface area contributed by atoms with Crippen molar-refractivity contribution in [1.29, 1.82) is 0 Å². The van der Waals surface area contributed by atoms with Crippen molar-refractivity contribution in [2.24, 2.45) is 0 Å². The Morgan fingerprint density at radius 2 is 0.853 bits per heavy atom. The summed E-state index contributed by atoms with van der Waals surface area (Å²) >= 11 is 0. The average Bonchev–Trinajstić information content (AvgIpc) is 3.52. The largest absolute Gasteiger partial charge is 0.456 e. The maximum Gasteiger partial charge on any atom is 0.136 e. The molecule has 8 aromatic rings. The molecule has 0 N–H and O–H groups in total. The molecule has 5 aromatic carbocycles. The van der Waals surface area contributed by atoms with Gasteiger partial charge in [-0.25, -0.2) is 0 Å². The highest BCUT2D eigenvalue weighted by Gasteiger charge is 2.15. The average molecular weight is 434 g/mol. The van der Waals surface area contributed by atoms with E-state index in [2.05, 4.69) is 42.5 Å². The van der Waals surface area contributed by atoms with Gasteiger partial charge in [0.15, 0.2) is 0 Å². The molecule has 3 heterocycles. The lowest BCUT2D eigenvalue weighted by molar-refractivity contribution is 0.664. The normalized spacial score (nSPS) is 12.2. The number of hydrogen-bond donors (Lipinski definition) is 0. The molecule has 0 amide bonds. The van der Waals surface area contributed by atoms with E-state index in [4.69, 9.17) is 21.1 Å². The van der Waals surface area contributed by atoms with Crippen LogP contribution >= 0.6 is 0 Å². The molecule has 0 saturated carbocycles. The van der Waals surface area contributed by atoms with Crippen LogP contribution in [0.2, 0.25) is 0 Å². The Morgan fingerprint density at radius 3 is 1.53 bits per heavy atom. The topological polar surface area (TPSA) is 39.4 Å². The zero-order valence-electron chi connectivity index (χ0n) is 18.0. The van der Waals surface area contributed by atoms with Crippen LogP contribution in [0.15, 0.2) is 104 Å². The fourth-order valence-corrected chi connectivity index (χ4v) is 5.15. The molecule has 0 aliphatic carbocycles. The van der Waals surface area contributed by atoms with Gasteiger partial charge in [-0.1, -0.05) is 47.9 Å². The van der Waals surface area contributed by atoms with E-state index < -0.39 is 0 Å². The Hall–Kier alpha value is -4.44. The van der Waals surface area contributed by atoms with Crippen molar-refractivity contribution in [2.75, 3.05) is 0 Å². The van der Waals surface area contributed by atoms with Crippen molar-refractivity contribution in [3.63, 3.8) is 0 Å². The zero-order chi connectivity index (χ0) is 22.4. The number of fused-ring (bicyclic) bond motifs is 9. The molecule has 0 spiro atoms. The summed E-state index contributed by atoms with van der Waals surface area (Å²) in [7, 11) is 6.01. The van der Waals surface area contributed by atoms with Crippen LogP contribution in [0.5, 0.6) is 0 Å². The fraction of sp³-hybridized carbons (Fsp3) is 0. The molecule has 34 heavy (non-hydrogen) atoms. The van der Waals surface area contributed by atoms with E-state index in [0.717, 1.165) is 76.9 Å². The minimum Gasteiger partial charge on any atom is -0.456 e. The molecule has 0 bridgehead atoms. The summed E-state index contributed by atoms with van der Waals surface area (Å²) in [6.45, 7) is 0. The Bertz CT molecular complexity index is 2090. The number of rotatable bonds is 1. The molecule has 0 atom stereocenters. The Balaban J connectivity index is 1.36. The first kappa shape index (κ1) is 18.0. The first-order valence-corrected chi connectivity index (χ1v) is 11.2. The molecule has 0 saturated heterocycles. The third-order valence-electron chi connectivity index (χ3n) is 6.80. The van der Waals surface area contributed by atoms with Gasteiger partial charge in [-0.05, 0) is 59.7 Å². The summed E-state index contributed by atoms with van der Waals surface area (Å²) < 4.78 is 18.3. The third-order valence-corrected chi connectivity index (χ3v) is 6.80. The molecule has 2 radical (unpaired) electrons. The van der Waals surface area contributed by atoms with Crippen molar-refractivity contribution >= 4 is 79.1 Å². The molecule has 0 unspecified atom stereocenters. The van der Waals surface area contributed by atoms with Crippen molar-refractivity contribution in [1.82, 2.24) is 0 Å². The Morgan fingerprint density at radius 1 is 0.382 bits per heavy atom. The van der Waals surface area contributed by atoms with E-state index in [0.29, 0.717) is 5.46 Å². The highest BCUT2D eigenvalue weighted by atomic mass is 16.3. The summed E-state index contributed by atoms with van der Waals surface area (Å²) in [5.74, 6) is 0. The lowest BCUT2D eigenvalue weighted by atomic mass is 9.94. The summed E-state index contributed by atoms with van der Waals surface area (Å²) in [6.07, 6.45) is 0. The molecule has 8 rings (SSSR count). The minimum atomic E-state index is 0.715. The van der Waals surface area contributed by atoms with Crippen LogP contribution in [-0.2, 0) is 0 Å². The van der Waals surface area contributed by atoms with Crippen LogP contribution < -0.4 is 5.46 Å². The van der Waals surface area contributed by atoms with Crippen LogP contribution in [0.4, 0.5) is 0 Å². The van der Waals surface area contributed by atoms with Gasteiger partial charge in [0.2, 0.25) is 0 Å². The predicted molar refractivity (Wildman–Crippen MR) is 139 cm³/mol. The number of benzene rings is 5. The molecule has 0 aliphatic rings. The van der Waals surface area contributed by atoms with Gasteiger partial charge in [-0.2, -0.15) is 0 Å².